The summed E-state index contributed by atoms with van der Waals surface area (Å²) in [7, 11) is 0.277. The normalized spacial score (nSPS) is 13.6. The zero-order valence-electron chi connectivity index (χ0n) is 47.1. The Hall–Kier alpha value is -7.82. The molecule has 0 atom stereocenters. The molecule has 9 aromatic carbocycles. The second kappa shape index (κ2) is 22.7. The van der Waals surface area contributed by atoms with Crippen molar-refractivity contribution in [2.75, 3.05) is 54.1 Å². The number of quaternary nitrogens is 1. The molecule has 0 unspecified atom stereocenters. The van der Waals surface area contributed by atoms with Crippen molar-refractivity contribution < 1.29 is 40.7 Å². The minimum atomic E-state index is -6.00. The van der Waals surface area contributed by atoms with Crippen LogP contribution >= 0.6 is 0 Å². The Kier molecular flexibility index (Phi) is 15.8. The van der Waals surface area contributed by atoms with E-state index in [-0.39, 0.29) is 5.41 Å². The zero-order chi connectivity index (χ0) is 56.4. The number of rotatable bonds is 18. The highest BCUT2D eigenvalue weighted by Crippen LogP contribution is 2.59. The van der Waals surface area contributed by atoms with E-state index < -0.39 is 12.7 Å². The molecule has 0 heterocycles. The molecule has 0 aromatic heterocycles. The third kappa shape index (κ3) is 10.7. The van der Waals surface area contributed by atoms with Gasteiger partial charge in [-0.1, -0.05) is 117 Å². The van der Waals surface area contributed by atoms with Gasteiger partial charge in [-0.25, -0.2) is 0 Å². The first-order valence-corrected chi connectivity index (χ1v) is 28.1. The van der Waals surface area contributed by atoms with Crippen LogP contribution in [0.15, 0.2) is 182 Å². The van der Waals surface area contributed by atoms with Gasteiger partial charge in [-0.3, -0.25) is 0 Å². The molecule has 0 amide bonds. The van der Waals surface area contributed by atoms with Crippen LogP contribution in [0.25, 0.3) is 66.4 Å². The Morgan fingerprint density at radius 3 is 1.24 bits per heavy atom. The number of hydrogen-bond donors (Lipinski definition) is 0. The first kappa shape index (κ1) is 55.5. The molecule has 0 saturated carbocycles. The summed E-state index contributed by atoms with van der Waals surface area (Å²) in [4.78, 5) is 0. The molecule has 2 aliphatic rings. The minimum Gasteiger partial charge on any atom is -0.497 e. The first-order valence-electron chi connectivity index (χ1n) is 28.1. The standard InChI is InChI=1S/C70H70NO4.BF4/c1-9-69(10-2)65-43-52(48-15-16-50-42-60(30-19-49(50)41-48)75-40-14-39-71(6,7)11-3)21-35-61(65)62-36-22-53(44-66(62)69)54-23-38-64-63-37-20-51(47-17-28-57(72-8)29-18-47)45-67(63)70(68(64)46-54,55-24-31-58(32-25-55)73-12-4)56-26-33-59(34-27-56)74-13-5;2-1(3,4)5/h15-38,41-46H,9-14,39-40H2,1-8H3;/q+1;-1. The molecule has 0 saturated heterocycles. The smallest absolute Gasteiger partial charge is 0.497 e. The van der Waals surface area contributed by atoms with Crippen molar-refractivity contribution in [3.8, 4) is 78.6 Å². The summed E-state index contributed by atoms with van der Waals surface area (Å²) >= 11 is 0. The summed E-state index contributed by atoms with van der Waals surface area (Å²) in [5.74, 6) is 3.49. The van der Waals surface area contributed by atoms with E-state index in [0.717, 1.165) is 77.6 Å². The monoisotopic (exact) mass is 1080 g/mol. The predicted molar refractivity (Wildman–Crippen MR) is 321 cm³/mol. The Balaban J connectivity index is 0.00000138. The van der Waals surface area contributed by atoms with Gasteiger partial charge in [0.25, 0.3) is 0 Å². The first-order chi connectivity index (χ1) is 38.6. The number of nitrogens with zero attached hydrogens (tertiary/aromatic N) is 1. The third-order valence-electron chi connectivity index (χ3n) is 16.8. The Morgan fingerprint density at radius 2 is 0.787 bits per heavy atom. The van der Waals surface area contributed by atoms with Crippen molar-refractivity contribution >= 4 is 18.0 Å². The van der Waals surface area contributed by atoms with Crippen LogP contribution in [0.4, 0.5) is 17.3 Å². The van der Waals surface area contributed by atoms with Gasteiger partial charge in [-0.05, 0) is 212 Å². The maximum atomic E-state index is 9.75. The van der Waals surface area contributed by atoms with Gasteiger partial charge < -0.3 is 40.7 Å². The van der Waals surface area contributed by atoms with Crippen LogP contribution < -0.4 is 18.9 Å². The molecule has 10 heteroatoms. The molecule has 80 heavy (non-hydrogen) atoms. The summed E-state index contributed by atoms with van der Waals surface area (Å²) in [5.41, 5.74) is 19.2. The van der Waals surface area contributed by atoms with Crippen molar-refractivity contribution in [2.45, 2.75) is 64.7 Å². The van der Waals surface area contributed by atoms with Crippen molar-refractivity contribution in [3.63, 3.8) is 0 Å². The number of benzene rings is 9. The summed E-state index contributed by atoms with van der Waals surface area (Å²) in [6, 6.07) is 68.1. The van der Waals surface area contributed by atoms with Gasteiger partial charge in [-0.15, -0.1) is 0 Å². The zero-order valence-corrected chi connectivity index (χ0v) is 47.1. The molecule has 11 rings (SSSR count). The second-order valence-electron chi connectivity index (χ2n) is 21.6. The largest absolute Gasteiger partial charge is 0.673 e. The highest BCUT2D eigenvalue weighted by atomic mass is 19.5. The van der Waals surface area contributed by atoms with Crippen LogP contribution in [0.3, 0.4) is 0 Å². The molecule has 0 bridgehead atoms. The lowest BCUT2D eigenvalue weighted by atomic mass is 9.67. The van der Waals surface area contributed by atoms with Crippen molar-refractivity contribution in [3.05, 3.63) is 215 Å². The molecular weight excluding hydrogens is 1010 g/mol. The molecule has 9 aromatic rings. The van der Waals surface area contributed by atoms with Crippen LogP contribution in [0.2, 0.25) is 0 Å². The van der Waals surface area contributed by atoms with E-state index in [2.05, 4.69) is 205 Å². The van der Waals surface area contributed by atoms with Crippen molar-refractivity contribution in [1.82, 2.24) is 0 Å². The summed E-state index contributed by atoms with van der Waals surface area (Å²) in [6.45, 7) is 15.2. The topological polar surface area (TPSA) is 36.9 Å². The fourth-order valence-corrected chi connectivity index (χ4v) is 12.4. The SMILES string of the molecule is CCOc1ccc(C2(c3ccc(OCC)cc3)c3cc(-c4ccc(OC)cc4)ccc3-c3ccc(-c4ccc5c(c4)C(CC)(CC)c4cc(-c6ccc7cc(OCCC[N+](C)(C)CC)ccc7c6)ccc4-5)cc32)cc1.F[B-](F)(F)F. The molecule has 0 fully saturated rings. The predicted octanol–water partition coefficient (Wildman–Crippen LogP) is 18.3. The van der Waals surface area contributed by atoms with E-state index in [4.69, 9.17) is 18.9 Å². The van der Waals surface area contributed by atoms with E-state index in [0.29, 0.717) is 13.2 Å². The Labute approximate surface area is 469 Å². The van der Waals surface area contributed by atoms with Gasteiger partial charge in [0.2, 0.25) is 0 Å². The molecule has 0 N–H and O–H groups in total. The van der Waals surface area contributed by atoms with Crippen LogP contribution in [0.1, 0.15) is 87.3 Å². The number of methoxy groups -OCH3 is 1. The Morgan fingerprint density at radius 1 is 0.412 bits per heavy atom. The third-order valence-corrected chi connectivity index (χ3v) is 16.8. The molecule has 410 valence electrons. The van der Waals surface area contributed by atoms with Gasteiger partial charge >= 0.3 is 7.25 Å². The van der Waals surface area contributed by atoms with Gasteiger partial charge in [0.15, 0.2) is 0 Å². The summed E-state index contributed by atoms with van der Waals surface area (Å²) < 4.78 is 63.9. The maximum Gasteiger partial charge on any atom is 0.673 e. The average molecular weight is 1080 g/mol. The molecule has 5 nitrogen and oxygen atoms in total. The van der Waals surface area contributed by atoms with Crippen LogP contribution in [-0.2, 0) is 10.8 Å². The fourth-order valence-electron chi connectivity index (χ4n) is 12.4. The lowest BCUT2D eigenvalue weighted by molar-refractivity contribution is -0.888. The van der Waals surface area contributed by atoms with Gasteiger partial charge in [-0.2, -0.15) is 0 Å². The highest BCUT2D eigenvalue weighted by Gasteiger charge is 2.47. The van der Waals surface area contributed by atoms with E-state index in [1.165, 1.54) is 88.7 Å². The maximum absolute atomic E-state index is 9.75. The number of halogens is 4. The highest BCUT2D eigenvalue weighted by molar-refractivity contribution is 6.50. The molecule has 0 aliphatic heterocycles. The number of ether oxygens (including phenoxy) is 4. The summed E-state index contributed by atoms with van der Waals surface area (Å²) in [6.07, 6.45) is 3.04. The van der Waals surface area contributed by atoms with Crippen molar-refractivity contribution in [2.24, 2.45) is 0 Å². The Bertz CT molecular complexity index is 3610. The van der Waals surface area contributed by atoms with E-state index >= 15 is 0 Å². The van der Waals surface area contributed by atoms with Gasteiger partial charge in [0, 0.05) is 11.8 Å². The molecule has 2 aliphatic carbocycles. The lowest BCUT2D eigenvalue weighted by Gasteiger charge is -2.34. The van der Waals surface area contributed by atoms with E-state index in [1.54, 1.807) is 7.11 Å². The molecule has 0 spiro atoms. The van der Waals surface area contributed by atoms with Gasteiger partial charge in [0.05, 0.1) is 59.5 Å². The van der Waals surface area contributed by atoms with Gasteiger partial charge in [0.1, 0.15) is 23.0 Å². The van der Waals surface area contributed by atoms with Crippen LogP contribution in [0, 0.1) is 0 Å². The quantitative estimate of drug-likeness (QED) is 0.0371. The minimum absolute atomic E-state index is 0.135. The van der Waals surface area contributed by atoms with Crippen molar-refractivity contribution in [1.29, 1.82) is 0 Å². The number of fused-ring (bicyclic) bond motifs is 7. The summed E-state index contributed by atoms with van der Waals surface area (Å²) in [5, 5.41) is 2.42. The number of hydrogen-bond acceptors (Lipinski definition) is 4. The van der Waals surface area contributed by atoms with Crippen LogP contribution in [-0.4, -0.2) is 65.9 Å². The molecular formula is C70H70BF4NO4. The molecule has 0 radical (unpaired) electrons. The van der Waals surface area contributed by atoms with E-state index in [9.17, 15) is 17.3 Å². The fraction of sp³-hybridized carbons (Fsp3) is 0.257. The lowest BCUT2D eigenvalue weighted by Crippen LogP contribution is -2.40. The van der Waals surface area contributed by atoms with E-state index in [1.807, 2.05) is 26.0 Å². The average Bonchev–Trinajstić information content (AvgIpc) is 4.02. The second-order valence-corrected chi connectivity index (χ2v) is 21.6. The van der Waals surface area contributed by atoms with Crippen LogP contribution in [0.5, 0.6) is 23.0 Å².